The van der Waals surface area contributed by atoms with Gasteiger partial charge in [0, 0.05) is 32.7 Å². The molecule has 4 rings (SSSR count). The molecular formula is C27H33N3O7S. The van der Waals surface area contributed by atoms with E-state index in [1.807, 2.05) is 36.4 Å². The summed E-state index contributed by atoms with van der Waals surface area (Å²) >= 11 is 0. The van der Waals surface area contributed by atoms with Gasteiger partial charge >= 0.3 is 5.97 Å². The standard InChI is InChI=1S/C27H33N3O7S/c1-19-26(20(2)37-28-19)38(32,33)30-14-12-29(13-15-30)17-25(23-6-5-7-24(16-23)34-3)36-18-21-8-10-22(11-9-21)27(31)35-4/h5-11,16,25H,12-15,17-18H2,1-4H3/t25-/m0/s1. The molecule has 0 N–H and O–H groups in total. The van der Waals surface area contributed by atoms with Crippen LogP contribution in [-0.2, 0) is 26.1 Å². The second-order valence-corrected chi connectivity index (χ2v) is 11.0. The molecule has 0 spiro atoms. The highest BCUT2D eigenvalue weighted by molar-refractivity contribution is 7.89. The Balaban J connectivity index is 1.44. The lowest BCUT2D eigenvalue weighted by molar-refractivity contribution is 0.00761. The van der Waals surface area contributed by atoms with Gasteiger partial charge in [0.15, 0.2) is 5.76 Å². The molecule has 1 saturated heterocycles. The van der Waals surface area contributed by atoms with Gasteiger partial charge in [-0.2, -0.15) is 4.31 Å². The molecule has 0 radical (unpaired) electrons. The van der Waals surface area contributed by atoms with Crippen LogP contribution in [-0.4, -0.2) is 75.7 Å². The van der Waals surface area contributed by atoms with Crippen molar-refractivity contribution in [2.45, 2.75) is 31.5 Å². The van der Waals surface area contributed by atoms with E-state index in [2.05, 4.69) is 10.1 Å². The number of rotatable bonds is 10. The molecule has 1 atom stereocenters. The molecule has 0 aliphatic carbocycles. The summed E-state index contributed by atoms with van der Waals surface area (Å²) in [5.74, 6) is 0.646. The number of ether oxygens (including phenoxy) is 3. The van der Waals surface area contributed by atoms with Crippen LogP contribution in [0.3, 0.4) is 0 Å². The summed E-state index contributed by atoms with van der Waals surface area (Å²) in [7, 11) is -0.709. The Bertz CT molecular complexity index is 1330. The molecule has 0 amide bonds. The number of nitrogens with zero attached hydrogens (tertiary/aromatic N) is 3. The van der Waals surface area contributed by atoms with Crippen molar-refractivity contribution in [3.05, 3.63) is 76.7 Å². The SMILES string of the molecule is COC(=O)c1ccc(CO[C@@H](CN2CCN(S(=O)(=O)c3c(C)noc3C)CC2)c2cccc(OC)c2)cc1. The van der Waals surface area contributed by atoms with Gasteiger partial charge in [0.05, 0.1) is 32.5 Å². The number of carbonyl (C=O) groups excluding carboxylic acids is 1. The first kappa shape index (κ1) is 27.8. The van der Waals surface area contributed by atoms with Crippen molar-refractivity contribution in [3.8, 4) is 5.75 Å². The number of hydrogen-bond acceptors (Lipinski definition) is 9. The fraction of sp³-hybridized carbons (Fsp3) is 0.407. The number of methoxy groups -OCH3 is 2. The summed E-state index contributed by atoms with van der Waals surface area (Å²) in [4.78, 5) is 14.1. The van der Waals surface area contributed by atoms with Gasteiger partial charge in [0.2, 0.25) is 10.0 Å². The fourth-order valence-electron chi connectivity index (χ4n) is 4.51. The molecule has 1 aliphatic heterocycles. The van der Waals surface area contributed by atoms with Crippen LogP contribution < -0.4 is 4.74 Å². The van der Waals surface area contributed by atoms with Crippen molar-refractivity contribution in [3.63, 3.8) is 0 Å². The molecular weight excluding hydrogens is 510 g/mol. The third-order valence-electron chi connectivity index (χ3n) is 6.61. The second-order valence-electron chi connectivity index (χ2n) is 9.12. The van der Waals surface area contributed by atoms with Crippen LogP contribution in [0.5, 0.6) is 5.75 Å². The smallest absolute Gasteiger partial charge is 0.337 e. The number of benzene rings is 2. The van der Waals surface area contributed by atoms with Crippen molar-refractivity contribution in [1.29, 1.82) is 0 Å². The number of piperazine rings is 1. The van der Waals surface area contributed by atoms with Crippen LogP contribution in [0.1, 0.15) is 39.0 Å². The zero-order chi connectivity index (χ0) is 27.3. The molecule has 0 saturated carbocycles. The van der Waals surface area contributed by atoms with Gasteiger partial charge in [0.25, 0.3) is 0 Å². The molecule has 1 fully saturated rings. The molecule has 3 aromatic rings. The minimum Gasteiger partial charge on any atom is -0.497 e. The molecule has 1 aliphatic rings. The normalized spacial score (nSPS) is 15.8. The molecule has 38 heavy (non-hydrogen) atoms. The molecule has 2 aromatic carbocycles. The molecule has 204 valence electrons. The van der Waals surface area contributed by atoms with Crippen molar-refractivity contribution >= 4 is 16.0 Å². The number of hydrogen-bond donors (Lipinski definition) is 0. The van der Waals surface area contributed by atoms with E-state index in [1.54, 1.807) is 33.1 Å². The molecule has 2 heterocycles. The zero-order valence-electron chi connectivity index (χ0n) is 22.0. The van der Waals surface area contributed by atoms with E-state index in [0.29, 0.717) is 56.3 Å². The van der Waals surface area contributed by atoms with Crippen molar-refractivity contribution < 1.29 is 31.9 Å². The molecule has 10 nitrogen and oxygen atoms in total. The quantitative estimate of drug-likeness (QED) is 0.355. The Labute approximate surface area is 223 Å². The fourth-order valence-corrected chi connectivity index (χ4v) is 6.22. The Kier molecular flexibility index (Phi) is 8.83. The van der Waals surface area contributed by atoms with Crippen LogP contribution in [0.4, 0.5) is 0 Å². The van der Waals surface area contributed by atoms with Gasteiger partial charge < -0.3 is 18.7 Å². The Morgan fingerprint density at radius 2 is 1.76 bits per heavy atom. The highest BCUT2D eigenvalue weighted by Crippen LogP contribution is 2.27. The minimum atomic E-state index is -3.68. The summed E-state index contributed by atoms with van der Waals surface area (Å²) in [5, 5.41) is 3.80. The van der Waals surface area contributed by atoms with Gasteiger partial charge in [-0.3, -0.25) is 4.90 Å². The first-order valence-corrected chi connectivity index (χ1v) is 13.7. The van der Waals surface area contributed by atoms with E-state index in [4.69, 9.17) is 18.7 Å². The summed E-state index contributed by atoms with van der Waals surface area (Å²) < 4.78 is 49.5. The maximum Gasteiger partial charge on any atom is 0.337 e. The maximum absolute atomic E-state index is 13.2. The highest BCUT2D eigenvalue weighted by atomic mass is 32.2. The molecule has 0 unspecified atom stereocenters. The minimum absolute atomic E-state index is 0.154. The predicted molar refractivity (Wildman–Crippen MR) is 139 cm³/mol. The average molecular weight is 544 g/mol. The van der Waals surface area contributed by atoms with E-state index in [9.17, 15) is 13.2 Å². The van der Waals surface area contributed by atoms with Gasteiger partial charge in [0.1, 0.15) is 16.3 Å². The van der Waals surface area contributed by atoms with Gasteiger partial charge in [-0.15, -0.1) is 0 Å². The van der Waals surface area contributed by atoms with Crippen LogP contribution in [0.25, 0.3) is 0 Å². The summed E-state index contributed by atoms with van der Waals surface area (Å²) in [6, 6.07) is 14.8. The monoisotopic (exact) mass is 543 g/mol. The maximum atomic E-state index is 13.2. The second kappa shape index (κ2) is 12.1. The van der Waals surface area contributed by atoms with Gasteiger partial charge in [-0.1, -0.05) is 29.4 Å². The Morgan fingerprint density at radius 1 is 1.05 bits per heavy atom. The van der Waals surface area contributed by atoms with Crippen LogP contribution in [0.15, 0.2) is 57.9 Å². The van der Waals surface area contributed by atoms with Crippen molar-refractivity contribution in [2.75, 3.05) is 46.9 Å². The lowest BCUT2D eigenvalue weighted by Gasteiger charge is -2.35. The number of aryl methyl sites for hydroxylation is 2. The number of sulfonamides is 1. The topological polar surface area (TPSA) is 111 Å². The van der Waals surface area contributed by atoms with E-state index >= 15 is 0 Å². The summed E-state index contributed by atoms with van der Waals surface area (Å²) in [6.45, 7) is 5.98. The van der Waals surface area contributed by atoms with E-state index in [1.165, 1.54) is 11.4 Å². The predicted octanol–water partition coefficient (Wildman–Crippen LogP) is 3.35. The van der Waals surface area contributed by atoms with Crippen molar-refractivity contribution in [2.24, 2.45) is 0 Å². The Hall–Kier alpha value is -3.25. The lowest BCUT2D eigenvalue weighted by atomic mass is 10.1. The van der Waals surface area contributed by atoms with Gasteiger partial charge in [-0.25, -0.2) is 13.2 Å². The van der Waals surface area contributed by atoms with Crippen LogP contribution in [0, 0.1) is 13.8 Å². The first-order valence-electron chi connectivity index (χ1n) is 12.3. The largest absolute Gasteiger partial charge is 0.497 e. The van der Waals surface area contributed by atoms with E-state index in [-0.39, 0.29) is 17.0 Å². The molecule has 1 aromatic heterocycles. The third kappa shape index (κ3) is 6.24. The first-order chi connectivity index (χ1) is 18.2. The number of esters is 1. The lowest BCUT2D eigenvalue weighted by Crippen LogP contribution is -2.49. The molecule has 11 heteroatoms. The molecule has 0 bridgehead atoms. The van der Waals surface area contributed by atoms with Crippen molar-refractivity contribution in [1.82, 2.24) is 14.4 Å². The zero-order valence-corrected chi connectivity index (χ0v) is 22.9. The summed E-state index contributed by atoms with van der Waals surface area (Å²) in [6.07, 6.45) is -0.281. The number of carbonyl (C=O) groups is 1. The summed E-state index contributed by atoms with van der Waals surface area (Å²) in [5.41, 5.74) is 2.73. The van der Waals surface area contributed by atoms with E-state index in [0.717, 1.165) is 16.9 Å². The van der Waals surface area contributed by atoms with Crippen LogP contribution in [0.2, 0.25) is 0 Å². The Morgan fingerprint density at radius 3 is 2.37 bits per heavy atom. The van der Waals surface area contributed by atoms with Gasteiger partial charge in [-0.05, 0) is 49.2 Å². The third-order valence-corrected chi connectivity index (χ3v) is 8.76. The average Bonchev–Trinajstić information content (AvgIpc) is 3.29. The van der Waals surface area contributed by atoms with E-state index < -0.39 is 10.0 Å². The number of aromatic nitrogens is 1. The highest BCUT2D eigenvalue weighted by Gasteiger charge is 2.34. The van der Waals surface area contributed by atoms with Crippen LogP contribution >= 0.6 is 0 Å².